The standard InChI is InChI=1S/C27H26N2O5/c1-16-10-12-17(13-11-16)27(31)28-26-23(24(30)19-8-6-7-9-20(19)29(26)2)18-14-21(32-3)25(34-5)22(15-18)33-4/h6-15H,1-5H3,(H,28,31). The average Bonchev–Trinajstić information content (AvgIpc) is 2.86. The molecule has 0 aliphatic heterocycles. The van der Waals surface area contributed by atoms with E-state index in [1.54, 1.807) is 34.9 Å². The summed E-state index contributed by atoms with van der Waals surface area (Å²) in [7, 11) is 6.36. The summed E-state index contributed by atoms with van der Waals surface area (Å²) in [6.07, 6.45) is 0. The first-order chi connectivity index (χ1) is 16.4. The lowest BCUT2D eigenvalue weighted by Crippen LogP contribution is -2.21. The molecule has 4 rings (SSSR count). The number of ether oxygens (including phenoxy) is 3. The van der Waals surface area contributed by atoms with Crippen LogP contribution in [0.15, 0.2) is 65.5 Å². The fourth-order valence-electron chi connectivity index (χ4n) is 4.01. The molecular formula is C27H26N2O5. The molecule has 0 spiro atoms. The van der Waals surface area contributed by atoms with Gasteiger partial charge in [0.05, 0.1) is 32.4 Å². The molecule has 0 radical (unpaired) electrons. The number of pyridine rings is 1. The van der Waals surface area contributed by atoms with Crippen LogP contribution in [0.4, 0.5) is 5.82 Å². The molecule has 0 atom stereocenters. The van der Waals surface area contributed by atoms with Crippen molar-refractivity contribution in [1.29, 1.82) is 0 Å². The molecule has 1 heterocycles. The second-order valence-electron chi connectivity index (χ2n) is 7.86. The van der Waals surface area contributed by atoms with Crippen LogP contribution in [-0.4, -0.2) is 31.8 Å². The quantitative estimate of drug-likeness (QED) is 0.449. The van der Waals surface area contributed by atoms with Gasteiger partial charge in [-0.2, -0.15) is 0 Å². The van der Waals surface area contributed by atoms with Crippen molar-refractivity contribution in [1.82, 2.24) is 4.57 Å². The van der Waals surface area contributed by atoms with E-state index in [2.05, 4.69) is 5.32 Å². The fraction of sp³-hybridized carbons (Fsp3) is 0.185. The normalized spacial score (nSPS) is 10.7. The van der Waals surface area contributed by atoms with Crippen LogP contribution in [-0.2, 0) is 7.05 Å². The van der Waals surface area contributed by atoms with E-state index in [9.17, 15) is 9.59 Å². The SMILES string of the molecule is COc1cc(-c2c(NC(=O)c3ccc(C)cc3)n(C)c3ccccc3c2=O)cc(OC)c1OC. The molecule has 0 saturated heterocycles. The first-order valence-corrected chi connectivity index (χ1v) is 10.7. The van der Waals surface area contributed by atoms with E-state index >= 15 is 0 Å². The van der Waals surface area contributed by atoms with Gasteiger partial charge in [-0.15, -0.1) is 0 Å². The lowest BCUT2D eigenvalue weighted by molar-refractivity contribution is 0.102. The Kier molecular flexibility index (Phi) is 6.27. The predicted octanol–water partition coefficient (Wildman–Crippen LogP) is 4.79. The summed E-state index contributed by atoms with van der Waals surface area (Å²) in [5.41, 5.74) is 2.86. The number of benzene rings is 3. The Hall–Kier alpha value is -4.26. The Morgan fingerprint density at radius 2 is 1.50 bits per heavy atom. The third-order valence-corrected chi connectivity index (χ3v) is 5.81. The fourth-order valence-corrected chi connectivity index (χ4v) is 4.01. The summed E-state index contributed by atoms with van der Waals surface area (Å²) in [6.45, 7) is 1.96. The third-order valence-electron chi connectivity index (χ3n) is 5.81. The number of fused-ring (bicyclic) bond motifs is 1. The van der Waals surface area contributed by atoms with Crippen LogP contribution in [0.5, 0.6) is 17.2 Å². The maximum atomic E-state index is 13.7. The molecule has 7 nitrogen and oxygen atoms in total. The van der Waals surface area contributed by atoms with Crippen LogP contribution in [0.3, 0.4) is 0 Å². The largest absolute Gasteiger partial charge is 0.493 e. The van der Waals surface area contributed by atoms with Crippen molar-refractivity contribution in [3.05, 3.63) is 82.0 Å². The number of aryl methyl sites for hydroxylation is 2. The third kappa shape index (κ3) is 3.96. The lowest BCUT2D eigenvalue weighted by Gasteiger charge is -2.20. The Balaban J connectivity index is 1.99. The van der Waals surface area contributed by atoms with Crippen LogP contribution in [0.25, 0.3) is 22.0 Å². The number of rotatable bonds is 6. The Morgan fingerprint density at radius 1 is 0.882 bits per heavy atom. The van der Waals surface area contributed by atoms with Crippen molar-refractivity contribution in [3.8, 4) is 28.4 Å². The first-order valence-electron chi connectivity index (χ1n) is 10.7. The van der Waals surface area contributed by atoms with E-state index in [-0.39, 0.29) is 11.3 Å². The molecule has 174 valence electrons. The molecule has 7 heteroatoms. The summed E-state index contributed by atoms with van der Waals surface area (Å²) in [5, 5.41) is 3.49. The topological polar surface area (TPSA) is 78.8 Å². The van der Waals surface area contributed by atoms with Gasteiger partial charge >= 0.3 is 0 Å². The molecule has 0 fully saturated rings. The zero-order chi connectivity index (χ0) is 24.4. The zero-order valence-electron chi connectivity index (χ0n) is 19.8. The van der Waals surface area contributed by atoms with Crippen molar-refractivity contribution >= 4 is 22.6 Å². The van der Waals surface area contributed by atoms with Crippen molar-refractivity contribution in [2.75, 3.05) is 26.6 Å². The number of hydrogen-bond acceptors (Lipinski definition) is 5. The van der Waals surface area contributed by atoms with Crippen LogP contribution in [0.2, 0.25) is 0 Å². The maximum Gasteiger partial charge on any atom is 0.256 e. The van der Waals surface area contributed by atoms with Crippen LogP contribution < -0.4 is 25.0 Å². The highest BCUT2D eigenvalue weighted by atomic mass is 16.5. The molecule has 0 aliphatic carbocycles. The highest BCUT2D eigenvalue weighted by Crippen LogP contribution is 2.42. The molecule has 1 N–H and O–H groups in total. The summed E-state index contributed by atoms with van der Waals surface area (Å²) >= 11 is 0. The highest BCUT2D eigenvalue weighted by Gasteiger charge is 2.22. The van der Waals surface area contributed by atoms with Crippen molar-refractivity contribution in [3.63, 3.8) is 0 Å². The average molecular weight is 459 g/mol. The molecule has 0 saturated carbocycles. The number of nitrogens with one attached hydrogen (secondary N) is 1. The van der Waals surface area contributed by atoms with E-state index in [0.29, 0.717) is 50.7 Å². The van der Waals surface area contributed by atoms with Gasteiger partial charge in [0.1, 0.15) is 5.82 Å². The number of hydrogen-bond donors (Lipinski definition) is 1. The summed E-state index contributed by atoms with van der Waals surface area (Å²) in [6, 6.07) is 17.9. The molecule has 34 heavy (non-hydrogen) atoms. The summed E-state index contributed by atoms with van der Waals surface area (Å²) < 4.78 is 18.2. The van der Waals surface area contributed by atoms with Gasteiger partial charge in [-0.25, -0.2) is 0 Å². The second kappa shape index (κ2) is 9.31. The molecule has 3 aromatic carbocycles. The van der Waals surface area contributed by atoms with Crippen LogP contribution >= 0.6 is 0 Å². The van der Waals surface area contributed by atoms with Crippen LogP contribution in [0, 0.1) is 6.92 Å². The van der Waals surface area contributed by atoms with Crippen LogP contribution in [0.1, 0.15) is 15.9 Å². The highest BCUT2D eigenvalue weighted by molar-refractivity contribution is 6.07. The Morgan fingerprint density at radius 3 is 2.09 bits per heavy atom. The number of carbonyl (C=O) groups excluding carboxylic acids is 1. The Bertz CT molecular complexity index is 1410. The van der Waals surface area contributed by atoms with Gasteiger partial charge in [-0.1, -0.05) is 29.8 Å². The van der Waals surface area contributed by atoms with Crippen molar-refractivity contribution in [2.24, 2.45) is 7.05 Å². The molecule has 0 aliphatic rings. The van der Waals surface area contributed by atoms with Gasteiger partial charge in [-0.05, 0) is 48.9 Å². The number of methoxy groups -OCH3 is 3. The van der Waals surface area contributed by atoms with E-state index in [4.69, 9.17) is 14.2 Å². The van der Waals surface area contributed by atoms with Gasteiger partial charge in [0.15, 0.2) is 16.9 Å². The number of aromatic nitrogens is 1. The molecule has 1 amide bonds. The Labute approximate surface area is 197 Å². The number of para-hydroxylation sites is 1. The van der Waals surface area contributed by atoms with E-state index in [0.717, 1.165) is 5.56 Å². The summed E-state index contributed by atoms with van der Waals surface area (Å²) in [4.78, 5) is 26.9. The lowest BCUT2D eigenvalue weighted by atomic mass is 10.0. The maximum absolute atomic E-state index is 13.7. The van der Waals surface area contributed by atoms with Gasteiger partial charge < -0.3 is 24.1 Å². The first kappa shape index (κ1) is 22.9. The van der Waals surface area contributed by atoms with E-state index in [1.807, 2.05) is 44.3 Å². The van der Waals surface area contributed by atoms with E-state index in [1.165, 1.54) is 21.3 Å². The molecule has 4 aromatic rings. The van der Waals surface area contributed by atoms with Gasteiger partial charge in [0.25, 0.3) is 5.91 Å². The molecule has 0 bridgehead atoms. The van der Waals surface area contributed by atoms with Gasteiger partial charge in [0, 0.05) is 18.0 Å². The minimum Gasteiger partial charge on any atom is -0.493 e. The van der Waals surface area contributed by atoms with Crippen molar-refractivity contribution < 1.29 is 19.0 Å². The van der Waals surface area contributed by atoms with Gasteiger partial charge in [-0.3, -0.25) is 9.59 Å². The zero-order valence-corrected chi connectivity index (χ0v) is 19.8. The second-order valence-corrected chi connectivity index (χ2v) is 7.86. The number of anilines is 1. The minimum absolute atomic E-state index is 0.220. The van der Waals surface area contributed by atoms with Gasteiger partial charge in [0.2, 0.25) is 5.75 Å². The molecule has 1 aromatic heterocycles. The molecular weight excluding hydrogens is 432 g/mol. The molecule has 0 unspecified atom stereocenters. The van der Waals surface area contributed by atoms with E-state index < -0.39 is 0 Å². The number of nitrogens with zero attached hydrogens (tertiary/aromatic N) is 1. The summed E-state index contributed by atoms with van der Waals surface area (Å²) in [5.74, 6) is 1.27. The predicted molar refractivity (Wildman–Crippen MR) is 133 cm³/mol. The number of amides is 1. The monoisotopic (exact) mass is 458 g/mol. The number of carbonyl (C=O) groups is 1. The minimum atomic E-state index is -0.320. The smallest absolute Gasteiger partial charge is 0.256 e. The van der Waals surface area contributed by atoms with Crippen molar-refractivity contribution in [2.45, 2.75) is 6.92 Å².